The van der Waals surface area contributed by atoms with E-state index in [-0.39, 0.29) is 10.6 Å². The number of ether oxygens (including phenoxy) is 1. The molecule has 5 nitrogen and oxygen atoms in total. The maximum atomic E-state index is 10.5. The second kappa shape index (κ2) is 7.36. The molecule has 1 saturated heterocycles. The van der Waals surface area contributed by atoms with Crippen LogP contribution in [0, 0.1) is 16.0 Å². The minimum atomic E-state index is -0.387. The Labute approximate surface area is 119 Å². The number of rotatable bonds is 6. The lowest BCUT2D eigenvalue weighted by Gasteiger charge is -2.30. The molecule has 0 aliphatic carbocycles. The number of nitro groups is 1. The van der Waals surface area contributed by atoms with Crippen molar-refractivity contribution in [2.24, 2.45) is 5.92 Å². The van der Waals surface area contributed by atoms with E-state index >= 15 is 0 Å². The first kappa shape index (κ1) is 14.9. The number of piperidine rings is 1. The van der Waals surface area contributed by atoms with E-state index in [0.717, 1.165) is 18.0 Å². The van der Waals surface area contributed by atoms with Crippen molar-refractivity contribution in [1.82, 2.24) is 4.90 Å². The van der Waals surface area contributed by atoms with Crippen LogP contribution in [0.3, 0.4) is 0 Å². The molecule has 2 rings (SSSR count). The van der Waals surface area contributed by atoms with Crippen LogP contribution >= 0.6 is 0 Å². The third-order valence-electron chi connectivity index (χ3n) is 3.71. The van der Waals surface area contributed by atoms with Gasteiger partial charge in [-0.15, -0.1) is 0 Å². The molecule has 20 heavy (non-hydrogen) atoms. The molecule has 1 unspecified atom stereocenters. The van der Waals surface area contributed by atoms with Gasteiger partial charge in [-0.3, -0.25) is 10.1 Å². The fourth-order valence-corrected chi connectivity index (χ4v) is 2.59. The Morgan fingerprint density at radius 2 is 2.15 bits per heavy atom. The number of benzene rings is 1. The zero-order chi connectivity index (χ0) is 14.4. The van der Waals surface area contributed by atoms with Crippen LogP contribution in [0.25, 0.3) is 0 Å². The molecule has 0 bridgehead atoms. The Kier molecular flexibility index (Phi) is 5.49. The van der Waals surface area contributed by atoms with Crippen molar-refractivity contribution in [2.75, 3.05) is 26.2 Å². The Bertz CT molecular complexity index is 433. The molecule has 0 amide bonds. The highest BCUT2D eigenvalue weighted by molar-refractivity contribution is 5.32. The summed E-state index contributed by atoms with van der Waals surface area (Å²) in [6.45, 7) is 6.83. The van der Waals surface area contributed by atoms with Crippen LogP contribution in [0.4, 0.5) is 5.69 Å². The summed E-state index contributed by atoms with van der Waals surface area (Å²) in [5.74, 6) is 0.790. The fraction of sp³-hybridized carbons (Fsp3) is 0.600. The number of likely N-dealkylation sites (tertiary alicyclic amines) is 1. The van der Waals surface area contributed by atoms with Gasteiger partial charge in [0.15, 0.2) is 0 Å². The van der Waals surface area contributed by atoms with Crippen molar-refractivity contribution in [3.05, 3.63) is 39.9 Å². The van der Waals surface area contributed by atoms with E-state index < -0.39 is 0 Å². The van der Waals surface area contributed by atoms with Gasteiger partial charge in [0.2, 0.25) is 0 Å². The van der Waals surface area contributed by atoms with Crippen molar-refractivity contribution in [2.45, 2.75) is 26.4 Å². The Balaban J connectivity index is 1.66. The van der Waals surface area contributed by atoms with Gasteiger partial charge in [0, 0.05) is 25.2 Å². The Morgan fingerprint density at radius 1 is 1.40 bits per heavy atom. The van der Waals surface area contributed by atoms with Crippen LogP contribution in [0.1, 0.15) is 25.3 Å². The molecule has 1 fully saturated rings. The average Bonchev–Trinajstić information content (AvgIpc) is 2.44. The molecule has 1 aromatic carbocycles. The second-order valence-corrected chi connectivity index (χ2v) is 5.52. The second-order valence-electron chi connectivity index (χ2n) is 5.52. The summed E-state index contributed by atoms with van der Waals surface area (Å²) in [5.41, 5.74) is 1.10. The molecule has 5 heteroatoms. The third kappa shape index (κ3) is 4.58. The molecule has 1 aliphatic rings. The van der Waals surface area contributed by atoms with E-state index in [9.17, 15) is 10.1 Å². The summed E-state index contributed by atoms with van der Waals surface area (Å²) in [6.07, 6.45) is 2.61. The van der Waals surface area contributed by atoms with Crippen LogP contribution in [-0.2, 0) is 11.3 Å². The summed E-state index contributed by atoms with van der Waals surface area (Å²) < 4.78 is 5.65. The highest BCUT2D eigenvalue weighted by Crippen LogP contribution is 2.15. The molecular formula is C15H22N2O3. The number of nitro benzene ring substituents is 1. The summed E-state index contributed by atoms with van der Waals surface area (Å²) in [7, 11) is 0. The van der Waals surface area contributed by atoms with Crippen molar-refractivity contribution in [3.63, 3.8) is 0 Å². The maximum Gasteiger partial charge on any atom is 0.269 e. The zero-order valence-electron chi connectivity index (χ0n) is 12.0. The number of nitrogens with zero attached hydrogens (tertiary/aromatic N) is 2. The lowest BCUT2D eigenvalue weighted by atomic mass is 10.0. The summed E-state index contributed by atoms with van der Waals surface area (Å²) >= 11 is 0. The van der Waals surface area contributed by atoms with E-state index in [4.69, 9.17) is 4.74 Å². The monoisotopic (exact) mass is 278 g/mol. The number of hydrogen-bond acceptors (Lipinski definition) is 4. The van der Waals surface area contributed by atoms with Crippen LogP contribution in [-0.4, -0.2) is 36.1 Å². The minimum Gasteiger partial charge on any atom is -0.375 e. The van der Waals surface area contributed by atoms with E-state index in [1.807, 2.05) is 0 Å². The van der Waals surface area contributed by atoms with Gasteiger partial charge in [-0.1, -0.05) is 6.92 Å². The SMILES string of the molecule is CC1CCCN(CCOCc2ccc([N+](=O)[O-])cc2)C1. The maximum absolute atomic E-state index is 10.5. The highest BCUT2D eigenvalue weighted by atomic mass is 16.6. The predicted molar refractivity (Wildman–Crippen MR) is 77.6 cm³/mol. The van der Waals surface area contributed by atoms with Gasteiger partial charge >= 0.3 is 0 Å². The molecular weight excluding hydrogens is 256 g/mol. The topological polar surface area (TPSA) is 55.6 Å². The van der Waals surface area contributed by atoms with Crippen molar-refractivity contribution in [1.29, 1.82) is 0 Å². The van der Waals surface area contributed by atoms with Gasteiger partial charge in [-0.25, -0.2) is 0 Å². The summed E-state index contributed by atoms with van der Waals surface area (Å²) in [6, 6.07) is 6.54. The van der Waals surface area contributed by atoms with Gasteiger partial charge in [-0.05, 0) is 43.0 Å². The van der Waals surface area contributed by atoms with Crippen molar-refractivity contribution < 1.29 is 9.66 Å². The van der Waals surface area contributed by atoms with E-state index in [0.29, 0.717) is 13.2 Å². The fourth-order valence-electron chi connectivity index (χ4n) is 2.59. The van der Waals surface area contributed by atoms with E-state index in [2.05, 4.69) is 11.8 Å². The molecule has 1 aromatic rings. The quantitative estimate of drug-likeness (QED) is 0.456. The molecule has 0 saturated carbocycles. The molecule has 110 valence electrons. The lowest BCUT2D eigenvalue weighted by Crippen LogP contribution is -2.36. The van der Waals surface area contributed by atoms with Crippen LogP contribution < -0.4 is 0 Å². The highest BCUT2D eigenvalue weighted by Gasteiger charge is 2.15. The van der Waals surface area contributed by atoms with E-state index in [1.165, 1.54) is 38.1 Å². The molecule has 1 aliphatic heterocycles. The standard InChI is InChI=1S/C15H22N2O3/c1-13-3-2-8-16(11-13)9-10-20-12-14-4-6-15(7-5-14)17(18)19/h4-7,13H,2-3,8-12H2,1H3. The van der Waals surface area contributed by atoms with Gasteiger partial charge in [0.25, 0.3) is 5.69 Å². The summed E-state index contributed by atoms with van der Waals surface area (Å²) in [5, 5.41) is 10.5. The largest absolute Gasteiger partial charge is 0.375 e. The molecule has 0 radical (unpaired) electrons. The first-order valence-electron chi connectivity index (χ1n) is 7.18. The molecule has 1 atom stereocenters. The lowest BCUT2D eigenvalue weighted by molar-refractivity contribution is -0.384. The summed E-state index contributed by atoms with van der Waals surface area (Å²) in [4.78, 5) is 12.6. The molecule has 0 aromatic heterocycles. The Hall–Kier alpha value is -1.46. The predicted octanol–water partition coefficient (Wildman–Crippen LogP) is 2.84. The minimum absolute atomic E-state index is 0.121. The van der Waals surface area contributed by atoms with Gasteiger partial charge in [0.05, 0.1) is 18.1 Å². The smallest absolute Gasteiger partial charge is 0.269 e. The van der Waals surface area contributed by atoms with E-state index in [1.54, 1.807) is 12.1 Å². The molecule has 0 N–H and O–H groups in total. The van der Waals surface area contributed by atoms with Crippen LogP contribution in [0.15, 0.2) is 24.3 Å². The van der Waals surface area contributed by atoms with Gasteiger partial charge in [0.1, 0.15) is 0 Å². The Morgan fingerprint density at radius 3 is 2.80 bits per heavy atom. The van der Waals surface area contributed by atoms with Gasteiger partial charge < -0.3 is 9.64 Å². The van der Waals surface area contributed by atoms with Gasteiger partial charge in [-0.2, -0.15) is 0 Å². The number of non-ortho nitro benzene ring substituents is 1. The molecule has 0 spiro atoms. The van der Waals surface area contributed by atoms with Crippen molar-refractivity contribution in [3.8, 4) is 0 Å². The van der Waals surface area contributed by atoms with Crippen molar-refractivity contribution >= 4 is 5.69 Å². The average molecular weight is 278 g/mol. The normalized spacial score (nSPS) is 19.9. The zero-order valence-corrected chi connectivity index (χ0v) is 12.0. The molecule has 1 heterocycles. The van der Waals surface area contributed by atoms with Crippen LogP contribution in [0.5, 0.6) is 0 Å². The first-order chi connectivity index (χ1) is 9.65. The first-order valence-corrected chi connectivity index (χ1v) is 7.18. The number of hydrogen-bond donors (Lipinski definition) is 0. The third-order valence-corrected chi connectivity index (χ3v) is 3.71. The van der Waals surface area contributed by atoms with Crippen LogP contribution in [0.2, 0.25) is 0 Å².